The van der Waals surface area contributed by atoms with Crippen LogP contribution in [0.5, 0.6) is 11.5 Å². The molecule has 0 spiro atoms. The Morgan fingerprint density at radius 1 is 1.00 bits per heavy atom. The second-order valence-electron chi connectivity index (χ2n) is 11.3. The number of carbonyl (C=O) groups excluding carboxylic acids is 1. The van der Waals surface area contributed by atoms with E-state index in [1.807, 2.05) is 0 Å². The van der Waals surface area contributed by atoms with E-state index in [4.69, 9.17) is 14.6 Å². The number of nitrogens with zero attached hydrogens (tertiary/aromatic N) is 3. The van der Waals surface area contributed by atoms with Crippen molar-refractivity contribution in [2.24, 2.45) is 0 Å². The van der Waals surface area contributed by atoms with Crippen LogP contribution in [0.1, 0.15) is 36.0 Å². The second-order valence-corrected chi connectivity index (χ2v) is 11.3. The van der Waals surface area contributed by atoms with Gasteiger partial charge in [-0.05, 0) is 35.7 Å². The summed E-state index contributed by atoms with van der Waals surface area (Å²) in [6.45, 7) is -0.253. The first-order chi connectivity index (χ1) is 22.3. The first kappa shape index (κ1) is 33.3. The van der Waals surface area contributed by atoms with Crippen molar-refractivity contribution in [3.8, 4) is 11.5 Å². The number of aromatic nitrogens is 1. The van der Waals surface area contributed by atoms with E-state index in [1.54, 1.807) is 48.5 Å². The Balaban J connectivity index is 1.40. The molecule has 0 aliphatic carbocycles. The van der Waals surface area contributed by atoms with Crippen molar-refractivity contribution >= 4 is 28.5 Å². The van der Waals surface area contributed by atoms with Crippen molar-refractivity contribution in [2.75, 3.05) is 20.2 Å². The van der Waals surface area contributed by atoms with Gasteiger partial charge in [-0.25, -0.2) is 0 Å². The van der Waals surface area contributed by atoms with E-state index >= 15 is 0 Å². The van der Waals surface area contributed by atoms with Gasteiger partial charge in [0.1, 0.15) is 6.10 Å². The molecule has 5 rings (SSSR count). The summed E-state index contributed by atoms with van der Waals surface area (Å²) in [5.41, 5.74) is -3.54. The van der Waals surface area contributed by atoms with E-state index < -0.39 is 40.2 Å². The number of alkyl halides is 3. The monoisotopic (exact) mass is 655 g/mol. The quantitative estimate of drug-likeness (QED) is 0.161. The number of nitro groups is 1. The molecule has 1 saturated heterocycles. The van der Waals surface area contributed by atoms with Crippen LogP contribution in [0.3, 0.4) is 0 Å². The Morgan fingerprint density at radius 2 is 1.70 bits per heavy atom. The third-order valence-electron chi connectivity index (χ3n) is 8.26. The predicted molar refractivity (Wildman–Crippen MR) is 163 cm³/mol. The van der Waals surface area contributed by atoms with Crippen LogP contribution in [-0.2, 0) is 28.2 Å². The van der Waals surface area contributed by atoms with Gasteiger partial charge in [-0.1, -0.05) is 36.4 Å². The van der Waals surface area contributed by atoms with Gasteiger partial charge in [-0.2, -0.15) is 13.2 Å². The normalized spacial score (nSPS) is 15.3. The minimum atomic E-state index is -5.43. The van der Waals surface area contributed by atoms with Crippen LogP contribution in [0, 0.1) is 10.1 Å². The fraction of sp³-hybridized carbons (Fsp3) is 0.333. The van der Waals surface area contributed by atoms with Crippen molar-refractivity contribution in [1.29, 1.82) is 0 Å². The zero-order valence-electron chi connectivity index (χ0n) is 25.3. The number of methoxy groups -OCH3 is 1. The standard InChI is InChI=1S/C33H32F3N3O8/c1-46-29-17-21(8-12-30(40)41)7-11-28(29)47-24-13-15-37(16-14-24)31(42)32(43,33(34,35)36)26-20-38(19-22-5-3-2-4-6-22)27-18-23(39(44)45)9-10-25(26)27/h2-7,9-11,17-18,20,24,43H,8,12-16,19H2,1H3,(H,40,41). The number of aryl methyl sites for hydroxylation is 1. The highest BCUT2D eigenvalue weighted by molar-refractivity contribution is 5.95. The number of aliphatic carboxylic acids is 1. The molecule has 2 N–H and O–H groups in total. The smallest absolute Gasteiger partial charge is 0.430 e. The van der Waals surface area contributed by atoms with Crippen LogP contribution in [0.2, 0.25) is 0 Å². The number of hydrogen-bond donors (Lipinski definition) is 2. The highest BCUT2D eigenvalue weighted by Crippen LogP contribution is 2.45. The number of nitro benzene ring substituents is 1. The average Bonchev–Trinajstić information content (AvgIpc) is 3.41. The van der Waals surface area contributed by atoms with Gasteiger partial charge in [0.15, 0.2) is 11.5 Å². The van der Waals surface area contributed by atoms with E-state index in [1.165, 1.54) is 11.7 Å². The molecule has 0 bridgehead atoms. The number of carbonyl (C=O) groups is 2. The molecule has 248 valence electrons. The Hall–Kier alpha value is -5.11. The number of benzene rings is 3. The molecule has 11 nitrogen and oxygen atoms in total. The summed E-state index contributed by atoms with van der Waals surface area (Å²) < 4.78 is 57.4. The van der Waals surface area contributed by atoms with Crippen LogP contribution >= 0.6 is 0 Å². The summed E-state index contributed by atoms with van der Waals surface area (Å²) in [5.74, 6) is -1.76. The first-order valence-electron chi connectivity index (χ1n) is 14.8. The molecule has 1 fully saturated rings. The van der Waals surface area contributed by atoms with Crippen LogP contribution in [-0.4, -0.2) is 69.0 Å². The van der Waals surface area contributed by atoms with Crippen molar-refractivity contribution in [3.05, 3.63) is 99.7 Å². The minimum Gasteiger partial charge on any atom is -0.493 e. The molecule has 0 radical (unpaired) electrons. The molecular weight excluding hydrogens is 623 g/mol. The lowest BCUT2D eigenvalue weighted by molar-refractivity contribution is -0.384. The molecule has 3 aromatic carbocycles. The zero-order valence-corrected chi connectivity index (χ0v) is 25.3. The predicted octanol–water partition coefficient (Wildman–Crippen LogP) is 5.44. The number of amides is 1. The van der Waals surface area contributed by atoms with Crippen LogP contribution in [0.25, 0.3) is 10.9 Å². The zero-order chi connectivity index (χ0) is 33.9. The summed E-state index contributed by atoms with van der Waals surface area (Å²) in [6.07, 6.45) is -4.33. The number of carboxylic acids is 1. The van der Waals surface area contributed by atoms with Gasteiger partial charge in [-0.15, -0.1) is 0 Å². The number of hydrogen-bond acceptors (Lipinski definition) is 7. The van der Waals surface area contributed by atoms with E-state index in [2.05, 4.69) is 0 Å². The van der Waals surface area contributed by atoms with Crippen molar-refractivity contribution in [1.82, 2.24) is 9.47 Å². The minimum absolute atomic E-state index is 0.0351. The number of likely N-dealkylation sites (tertiary alicyclic amines) is 1. The molecule has 14 heteroatoms. The number of halogens is 3. The van der Waals surface area contributed by atoms with Crippen LogP contribution in [0.4, 0.5) is 18.9 Å². The molecule has 1 amide bonds. The molecule has 4 aromatic rings. The third kappa shape index (κ3) is 6.87. The van der Waals surface area contributed by atoms with E-state index in [0.29, 0.717) is 17.1 Å². The fourth-order valence-electron chi connectivity index (χ4n) is 5.78. The maximum atomic E-state index is 14.9. The maximum Gasteiger partial charge on any atom is 0.430 e. The van der Waals surface area contributed by atoms with E-state index in [9.17, 15) is 38.0 Å². The Bertz CT molecular complexity index is 1790. The second kappa shape index (κ2) is 13.3. The highest BCUT2D eigenvalue weighted by Gasteiger charge is 2.63. The molecule has 0 saturated carbocycles. The Kier molecular flexibility index (Phi) is 9.43. The van der Waals surface area contributed by atoms with Crippen molar-refractivity contribution < 1.29 is 47.4 Å². The summed E-state index contributed by atoms with van der Waals surface area (Å²) in [6, 6.07) is 17.0. The number of fused-ring (bicyclic) bond motifs is 1. The van der Waals surface area contributed by atoms with Gasteiger partial charge in [0.05, 0.1) is 17.5 Å². The maximum absolute atomic E-state index is 14.9. The summed E-state index contributed by atoms with van der Waals surface area (Å²) in [7, 11) is 1.43. The van der Waals surface area contributed by atoms with E-state index in [0.717, 1.165) is 34.9 Å². The molecule has 1 aliphatic rings. The molecular formula is C33H32F3N3O8. The average molecular weight is 656 g/mol. The van der Waals surface area contributed by atoms with Gasteiger partial charge < -0.3 is 29.2 Å². The molecule has 2 heterocycles. The topological polar surface area (TPSA) is 144 Å². The number of non-ortho nitro benzene ring substituents is 1. The summed E-state index contributed by atoms with van der Waals surface area (Å²) in [5, 5.41) is 31.7. The van der Waals surface area contributed by atoms with Gasteiger partial charge in [-0.3, -0.25) is 19.7 Å². The number of ether oxygens (including phenoxy) is 2. The lowest BCUT2D eigenvalue weighted by atomic mass is 9.90. The van der Waals surface area contributed by atoms with Crippen molar-refractivity contribution in [2.45, 2.75) is 50.1 Å². The summed E-state index contributed by atoms with van der Waals surface area (Å²) in [4.78, 5) is 36.4. The molecule has 1 aliphatic heterocycles. The van der Waals surface area contributed by atoms with Crippen molar-refractivity contribution in [3.63, 3.8) is 0 Å². The molecule has 1 atom stereocenters. The van der Waals surface area contributed by atoms with Crippen LogP contribution in [0.15, 0.2) is 72.9 Å². The van der Waals surface area contributed by atoms with Gasteiger partial charge in [0, 0.05) is 68.2 Å². The lowest BCUT2D eigenvalue weighted by Gasteiger charge is -2.38. The number of aliphatic hydroxyl groups is 1. The molecule has 1 unspecified atom stereocenters. The lowest BCUT2D eigenvalue weighted by Crippen LogP contribution is -2.57. The van der Waals surface area contributed by atoms with Crippen LogP contribution < -0.4 is 9.47 Å². The molecule has 1 aromatic heterocycles. The van der Waals surface area contributed by atoms with Gasteiger partial charge >= 0.3 is 12.1 Å². The van der Waals surface area contributed by atoms with E-state index in [-0.39, 0.29) is 61.9 Å². The summed E-state index contributed by atoms with van der Waals surface area (Å²) >= 11 is 0. The number of piperidine rings is 1. The third-order valence-corrected chi connectivity index (χ3v) is 8.26. The number of carboxylic acid groups (broad SMARTS) is 1. The molecule has 47 heavy (non-hydrogen) atoms. The largest absolute Gasteiger partial charge is 0.493 e. The highest BCUT2D eigenvalue weighted by atomic mass is 19.4. The first-order valence-corrected chi connectivity index (χ1v) is 14.8. The fourth-order valence-corrected chi connectivity index (χ4v) is 5.78. The SMILES string of the molecule is COc1cc(CCC(=O)O)ccc1OC1CCN(C(=O)C(O)(c2cn(Cc3ccccc3)c3cc([N+](=O)[O-])ccc23)C(F)(F)F)CC1. The number of rotatable bonds is 11. The Labute approximate surface area is 266 Å². The Morgan fingerprint density at radius 3 is 2.32 bits per heavy atom. The van der Waals surface area contributed by atoms with Gasteiger partial charge in [0.2, 0.25) is 0 Å². The van der Waals surface area contributed by atoms with Gasteiger partial charge in [0.25, 0.3) is 17.2 Å².